The molecule has 0 heterocycles. The molecule has 0 aliphatic rings. The van der Waals surface area contributed by atoms with Crippen molar-refractivity contribution < 1.29 is 14.7 Å². The Hall–Kier alpha value is -0.120. The topological polar surface area (TPSA) is 60.7 Å². The molecule has 1 aromatic carbocycles. The van der Waals surface area contributed by atoms with Gasteiger partial charge >= 0.3 is 0 Å². The van der Waals surface area contributed by atoms with Crippen LogP contribution in [0.5, 0.6) is 0 Å². The van der Waals surface area contributed by atoms with Crippen molar-refractivity contribution in [3.63, 3.8) is 0 Å². The molecule has 0 fully saturated rings. The van der Waals surface area contributed by atoms with E-state index in [4.69, 9.17) is 14.7 Å². The van der Waals surface area contributed by atoms with Crippen molar-refractivity contribution in [2.24, 2.45) is 0 Å². The van der Waals surface area contributed by atoms with Crippen molar-refractivity contribution in [3.8, 4) is 0 Å². The van der Waals surface area contributed by atoms with Gasteiger partial charge in [-0.3, -0.25) is 0 Å². The fourth-order valence-electron chi connectivity index (χ4n) is 0.820. The van der Waals surface area contributed by atoms with E-state index in [9.17, 15) is 0 Å². The summed E-state index contributed by atoms with van der Waals surface area (Å²) in [6.45, 7) is -1.83. The minimum Gasteiger partial charge on any atom is -0.328 e. The standard InChI is InChI=1S/C7H11O3PS/c1-6-4-2-3-5-7(6)12-11(8,9)10/h2-5,8-10,12H,1H3. The lowest BCUT2D eigenvalue weighted by Crippen LogP contribution is -1.83. The van der Waals surface area contributed by atoms with Gasteiger partial charge in [0.25, 0.3) is 6.72 Å². The van der Waals surface area contributed by atoms with Gasteiger partial charge < -0.3 is 14.7 Å². The van der Waals surface area contributed by atoms with E-state index in [-0.39, 0.29) is 10.9 Å². The van der Waals surface area contributed by atoms with Crippen LogP contribution < -0.4 is 0 Å². The maximum Gasteiger partial charge on any atom is 0.278 e. The number of aryl methyl sites for hydroxylation is 1. The molecule has 0 aliphatic heterocycles. The van der Waals surface area contributed by atoms with Gasteiger partial charge in [-0.15, -0.1) is 0 Å². The van der Waals surface area contributed by atoms with Gasteiger partial charge in [0.1, 0.15) is 0 Å². The fourth-order valence-corrected chi connectivity index (χ4v) is 3.03. The van der Waals surface area contributed by atoms with Gasteiger partial charge in [-0.1, -0.05) is 29.1 Å². The van der Waals surface area contributed by atoms with E-state index >= 15 is 0 Å². The van der Waals surface area contributed by atoms with Crippen LogP contribution in [-0.4, -0.2) is 14.7 Å². The molecule has 0 amide bonds. The lowest BCUT2D eigenvalue weighted by atomic mass is 10.2. The molecule has 0 spiro atoms. The van der Waals surface area contributed by atoms with E-state index in [2.05, 4.69) is 0 Å². The van der Waals surface area contributed by atoms with E-state index in [0.29, 0.717) is 0 Å². The maximum absolute atomic E-state index is 8.81. The highest BCUT2D eigenvalue weighted by atomic mass is 32.5. The summed E-state index contributed by atoms with van der Waals surface area (Å²) in [5, 5.41) is 0. The Morgan fingerprint density at radius 1 is 1.17 bits per heavy atom. The molecule has 0 aliphatic carbocycles. The summed E-state index contributed by atoms with van der Waals surface area (Å²) in [4.78, 5) is 27.2. The van der Waals surface area contributed by atoms with Crippen LogP contribution in [0.25, 0.3) is 0 Å². The second kappa shape index (κ2) is 3.73. The quantitative estimate of drug-likeness (QED) is 0.406. The molecule has 0 unspecified atom stereocenters. The van der Waals surface area contributed by atoms with Crippen molar-refractivity contribution in [3.05, 3.63) is 29.8 Å². The first-order valence-electron chi connectivity index (χ1n) is 3.35. The molecule has 68 valence electrons. The molecule has 0 atom stereocenters. The monoisotopic (exact) mass is 206 g/mol. The van der Waals surface area contributed by atoms with Crippen molar-refractivity contribution in [2.75, 3.05) is 0 Å². The van der Waals surface area contributed by atoms with E-state index in [1.807, 2.05) is 19.1 Å². The van der Waals surface area contributed by atoms with Crippen molar-refractivity contribution in [1.29, 1.82) is 0 Å². The predicted molar refractivity (Wildman–Crippen MR) is 51.8 cm³/mol. The largest absolute Gasteiger partial charge is 0.328 e. The predicted octanol–water partition coefficient (Wildman–Crippen LogP) is 0.823. The van der Waals surface area contributed by atoms with Gasteiger partial charge in [0.15, 0.2) is 0 Å². The number of benzene rings is 1. The Kier molecular flexibility index (Phi) is 3.09. The summed E-state index contributed by atoms with van der Waals surface area (Å²) < 4.78 is 0. The third kappa shape index (κ3) is 3.09. The molecule has 1 aromatic rings. The zero-order valence-electron chi connectivity index (χ0n) is 6.55. The van der Waals surface area contributed by atoms with Crippen molar-refractivity contribution in [1.82, 2.24) is 0 Å². The molecule has 3 nitrogen and oxygen atoms in total. The normalized spacial score (nSPS) is 11.7. The summed E-state index contributed by atoms with van der Waals surface area (Å²) in [5.41, 5.74) is 0.945. The summed E-state index contributed by atoms with van der Waals surface area (Å²) in [7, 11) is 0.198. The molecule has 1 rings (SSSR count). The van der Waals surface area contributed by atoms with E-state index in [0.717, 1.165) is 10.5 Å². The van der Waals surface area contributed by atoms with Crippen LogP contribution in [-0.2, 0) is 10.9 Å². The van der Waals surface area contributed by atoms with Gasteiger partial charge in [0.2, 0.25) is 0 Å². The Labute approximate surface area is 74.5 Å². The third-order valence-corrected chi connectivity index (χ3v) is 3.79. The van der Waals surface area contributed by atoms with Crippen molar-refractivity contribution >= 4 is 17.7 Å². The summed E-state index contributed by atoms with van der Waals surface area (Å²) in [5.74, 6) is 0. The lowest BCUT2D eigenvalue weighted by Gasteiger charge is -2.04. The smallest absolute Gasteiger partial charge is 0.278 e. The molecular formula is C7H11O3PS. The van der Waals surface area contributed by atoms with E-state index in [1.165, 1.54) is 0 Å². The SMILES string of the molecule is Cc1ccccc1[SH]=P(O)(O)O. The lowest BCUT2D eigenvalue weighted by molar-refractivity contribution is 0.363. The Bertz CT molecular complexity index is 323. The Morgan fingerprint density at radius 3 is 2.25 bits per heavy atom. The fraction of sp³-hybridized carbons (Fsp3) is 0.143. The first-order chi connectivity index (χ1) is 5.49. The summed E-state index contributed by atoms with van der Waals surface area (Å²) >= 11 is 0. The minimum absolute atomic E-state index is 0.198. The highest BCUT2D eigenvalue weighted by molar-refractivity contribution is 8.16. The van der Waals surface area contributed by atoms with Gasteiger partial charge in [0.05, 0.1) is 0 Å². The number of rotatable bonds is 1. The van der Waals surface area contributed by atoms with E-state index < -0.39 is 6.72 Å². The first kappa shape index (κ1) is 9.96. The van der Waals surface area contributed by atoms with Gasteiger partial charge in [-0.2, -0.15) is 0 Å². The molecule has 0 aromatic heterocycles. The number of hydrogen-bond acceptors (Lipinski definition) is 0. The number of thiol groups is 1. The zero-order chi connectivity index (χ0) is 9.19. The molecule has 3 N–H and O–H groups in total. The molecule has 0 radical (unpaired) electrons. The van der Waals surface area contributed by atoms with E-state index in [1.54, 1.807) is 12.1 Å². The molecule has 0 saturated heterocycles. The average Bonchev–Trinajstić information content (AvgIpc) is 1.91. The number of hydrogen-bond donors (Lipinski definition) is 4. The average molecular weight is 206 g/mol. The van der Waals surface area contributed by atoms with Crippen LogP contribution in [0, 0.1) is 6.92 Å². The molecule has 5 heteroatoms. The Morgan fingerprint density at radius 2 is 1.75 bits per heavy atom. The van der Waals surface area contributed by atoms with Crippen LogP contribution in [0.3, 0.4) is 0 Å². The highest BCUT2D eigenvalue weighted by Gasteiger charge is 2.02. The first-order valence-corrected chi connectivity index (χ1v) is 6.60. The van der Waals surface area contributed by atoms with Gasteiger partial charge in [0, 0.05) is 4.90 Å². The van der Waals surface area contributed by atoms with Gasteiger partial charge in [-0.05, 0) is 18.6 Å². The minimum atomic E-state index is -3.69. The highest BCUT2D eigenvalue weighted by Crippen LogP contribution is 2.34. The van der Waals surface area contributed by atoms with Crippen LogP contribution in [0.2, 0.25) is 0 Å². The second-order valence-corrected chi connectivity index (χ2v) is 6.39. The summed E-state index contributed by atoms with van der Waals surface area (Å²) in [6, 6.07) is 7.28. The zero-order valence-corrected chi connectivity index (χ0v) is 8.33. The second-order valence-electron chi connectivity index (χ2n) is 2.42. The maximum atomic E-state index is 8.81. The molecular weight excluding hydrogens is 195 g/mol. The molecule has 12 heavy (non-hydrogen) atoms. The van der Waals surface area contributed by atoms with Crippen molar-refractivity contribution in [2.45, 2.75) is 11.8 Å². The van der Waals surface area contributed by atoms with Gasteiger partial charge in [-0.25, -0.2) is 0 Å². The molecule has 0 bridgehead atoms. The third-order valence-electron chi connectivity index (χ3n) is 1.36. The molecule has 0 saturated carbocycles. The van der Waals surface area contributed by atoms with Crippen LogP contribution in [0.15, 0.2) is 29.2 Å². The van der Waals surface area contributed by atoms with Crippen LogP contribution in [0.4, 0.5) is 0 Å². The summed E-state index contributed by atoms with van der Waals surface area (Å²) in [6.07, 6.45) is 0. The van der Waals surface area contributed by atoms with Crippen LogP contribution in [0.1, 0.15) is 5.56 Å². The Balaban J connectivity index is 3.14. The van der Waals surface area contributed by atoms with Crippen LogP contribution >= 0.6 is 6.72 Å².